The van der Waals surface area contributed by atoms with Crippen molar-refractivity contribution >= 4 is 5.71 Å². The fourth-order valence-corrected chi connectivity index (χ4v) is 2.59. The molecule has 2 heterocycles. The van der Waals surface area contributed by atoms with E-state index in [-0.39, 0.29) is 6.10 Å². The van der Waals surface area contributed by atoms with Gasteiger partial charge in [-0.3, -0.25) is 9.80 Å². The van der Waals surface area contributed by atoms with Crippen LogP contribution in [0.2, 0.25) is 0 Å². The molecule has 2 rings (SSSR count). The Morgan fingerprint density at radius 3 is 2.56 bits per heavy atom. The van der Waals surface area contributed by atoms with Crippen LogP contribution in [0.15, 0.2) is 17.3 Å². The third-order valence-electron chi connectivity index (χ3n) is 3.62. The summed E-state index contributed by atoms with van der Waals surface area (Å²) in [4.78, 5) is 10.4. The summed E-state index contributed by atoms with van der Waals surface area (Å²) in [7, 11) is 0. The standard InChI is InChI=1S/C14H25N3O/c1-4-13-9-14(18-15-13)11-17-7-5-16(6-8-17)10-12(2)3/h14H,2,4-11H2,1,3H3. The van der Waals surface area contributed by atoms with E-state index in [2.05, 4.69) is 35.4 Å². The fourth-order valence-electron chi connectivity index (χ4n) is 2.59. The van der Waals surface area contributed by atoms with Gasteiger partial charge in [0.15, 0.2) is 0 Å². The number of piperazine rings is 1. The van der Waals surface area contributed by atoms with Crippen molar-refractivity contribution in [2.24, 2.45) is 5.16 Å². The molecule has 2 aliphatic heterocycles. The van der Waals surface area contributed by atoms with Crippen molar-refractivity contribution in [1.82, 2.24) is 9.80 Å². The molecule has 1 fully saturated rings. The van der Waals surface area contributed by atoms with Crippen LogP contribution in [0, 0.1) is 0 Å². The number of rotatable bonds is 5. The van der Waals surface area contributed by atoms with Crippen molar-refractivity contribution < 1.29 is 4.84 Å². The molecule has 0 radical (unpaired) electrons. The van der Waals surface area contributed by atoms with E-state index in [1.165, 1.54) is 11.3 Å². The lowest BCUT2D eigenvalue weighted by Gasteiger charge is -2.35. The van der Waals surface area contributed by atoms with E-state index in [1.807, 2.05) is 0 Å². The zero-order valence-corrected chi connectivity index (χ0v) is 11.7. The maximum Gasteiger partial charge on any atom is 0.145 e. The largest absolute Gasteiger partial charge is 0.391 e. The average Bonchev–Trinajstić information content (AvgIpc) is 2.79. The molecule has 18 heavy (non-hydrogen) atoms. The molecular weight excluding hydrogens is 226 g/mol. The Hall–Kier alpha value is -0.870. The lowest BCUT2D eigenvalue weighted by Crippen LogP contribution is -2.48. The summed E-state index contributed by atoms with van der Waals surface area (Å²) in [5, 5.41) is 4.12. The summed E-state index contributed by atoms with van der Waals surface area (Å²) in [5.74, 6) is 0. The van der Waals surface area contributed by atoms with Gasteiger partial charge in [-0.15, -0.1) is 0 Å². The summed E-state index contributed by atoms with van der Waals surface area (Å²) >= 11 is 0. The average molecular weight is 251 g/mol. The van der Waals surface area contributed by atoms with Crippen molar-refractivity contribution in [3.05, 3.63) is 12.2 Å². The quantitative estimate of drug-likeness (QED) is 0.697. The van der Waals surface area contributed by atoms with Crippen molar-refractivity contribution in [3.8, 4) is 0 Å². The highest BCUT2D eigenvalue weighted by atomic mass is 16.6. The van der Waals surface area contributed by atoms with E-state index < -0.39 is 0 Å². The summed E-state index contributed by atoms with van der Waals surface area (Å²) in [6.07, 6.45) is 2.32. The van der Waals surface area contributed by atoms with E-state index in [0.29, 0.717) is 0 Å². The third-order valence-corrected chi connectivity index (χ3v) is 3.62. The normalized spacial score (nSPS) is 25.9. The van der Waals surface area contributed by atoms with Crippen LogP contribution in [0.5, 0.6) is 0 Å². The van der Waals surface area contributed by atoms with Crippen molar-refractivity contribution in [3.63, 3.8) is 0 Å². The van der Waals surface area contributed by atoms with E-state index in [4.69, 9.17) is 4.84 Å². The maximum atomic E-state index is 5.47. The van der Waals surface area contributed by atoms with Gasteiger partial charge in [0, 0.05) is 45.7 Å². The van der Waals surface area contributed by atoms with Gasteiger partial charge in [-0.25, -0.2) is 0 Å². The van der Waals surface area contributed by atoms with Gasteiger partial charge in [-0.1, -0.05) is 24.2 Å². The number of oxime groups is 1. The highest BCUT2D eigenvalue weighted by Crippen LogP contribution is 2.15. The number of hydrogen-bond acceptors (Lipinski definition) is 4. The van der Waals surface area contributed by atoms with E-state index in [9.17, 15) is 0 Å². The summed E-state index contributed by atoms with van der Waals surface area (Å²) in [6.45, 7) is 14.8. The fraction of sp³-hybridized carbons (Fsp3) is 0.786. The Labute approximate surface area is 110 Å². The van der Waals surface area contributed by atoms with Crippen LogP contribution in [0.25, 0.3) is 0 Å². The second-order valence-electron chi connectivity index (χ2n) is 5.48. The first-order valence-electron chi connectivity index (χ1n) is 6.98. The van der Waals surface area contributed by atoms with Gasteiger partial charge in [0.05, 0.1) is 5.71 Å². The highest BCUT2D eigenvalue weighted by Gasteiger charge is 2.24. The molecule has 0 aromatic heterocycles. The molecule has 4 heteroatoms. The summed E-state index contributed by atoms with van der Waals surface area (Å²) in [6, 6.07) is 0. The third kappa shape index (κ3) is 3.82. The molecule has 0 aliphatic carbocycles. The van der Waals surface area contributed by atoms with Crippen molar-refractivity contribution in [2.45, 2.75) is 32.8 Å². The van der Waals surface area contributed by atoms with Crippen LogP contribution in [0.1, 0.15) is 26.7 Å². The van der Waals surface area contributed by atoms with Crippen LogP contribution in [0.4, 0.5) is 0 Å². The molecule has 0 aromatic rings. The maximum absolute atomic E-state index is 5.47. The Morgan fingerprint density at radius 1 is 1.33 bits per heavy atom. The zero-order valence-electron chi connectivity index (χ0n) is 11.7. The Morgan fingerprint density at radius 2 is 2.00 bits per heavy atom. The monoisotopic (exact) mass is 251 g/mol. The summed E-state index contributed by atoms with van der Waals surface area (Å²) < 4.78 is 0. The number of hydrogen-bond donors (Lipinski definition) is 0. The first kappa shape index (κ1) is 13.6. The molecule has 4 nitrogen and oxygen atoms in total. The molecule has 102 valence electrons. The molecule has 2 aliphatic rings. The lowest BCUT2D eigenvalue weighted by atomic mass is 10.1. The summed E-state index contributed by atoms with van der Waals surface area (Å²) in [5.41, 5.74) is 2.46. The van der Waals surface area contributed by atoms with Gasteiger partial charge in [-0.05, 0) is 13.3 Å². The lowest BCUT2D eigenvalue weighted by molar-refractivity contribution is 0.0363. The van der Waals surface area contributed by atoms with E-state index in [1.54, 1.807) is 0 Å². The predicted molar refractivity (Wildman–Crippen MR) is 74.9 cm³/mol. The first-order chi connectivity index (χ1) is 8.67. The highest BCUT2D eigenvalue weighted by molar-refractivity contribution is 5.85. The molecule has 0 aromatic carbocycles. The van der Waals surface area contributed by atoms with Gasteiger partial charge in [0.2, 0.25) is 0 Å². The molecule has 1 atom stereocenters. The minimum Gasteiger partial charge on any atom is -0.391 e. The van der Waals surface area contributed by atoms with Gasteiger partial charge >= 0.3 is 0 Å². The molecule has 1 unspecified atom stereocenters. The molecule has 0 N–H and O–H groups in total. The van der Waals surface area contributed by atoms with Crippen LogP contribution in [-0.4, -0.2) is 60.9 Å². The smallest absolute Gasteiger partial charge is 0.145 e. The molecule has 1 saturated heterocycles. The van der Waals surface area contributed by atoms with Gasteiger partial charge < -0.3 is 4.84 Å². The first-order valence-corrected chi connectivity index (χ1v) is 6.98. The predicted octanol–water partition coefficient (Wildman–Crippen LogP) is 1.73. The van der Waals surface area contributed by atoms with Crippen molar-refractivity contribution in [2.75, 3.05) is 39.3 Å². The van der Waals surface area contributed by atoms with Crippen LogP contribution < -0.4 is 0 Å². The topological polar surface area (TPSA) is 28.1 Å². The SMILES string of the molecule is C=C(C)CN1CCN(CC2CC(CC)=NO2)CC1. The zero-order chi connectivity index (χ0) is 13.0. The second kappa shape index (κ2) is 6.34. The van der Waals surface area contributed by atoms with Crippen LogP contribution in [0.3, 0.4) is 0 Å². The second-order valence-corrected chi connectivity index (χ2v) is 5.48. The van der Waals surface area contributed by atoms with Gasteiger partial charge in [0.25, 0.3) is 0 Å². The molecule has 0 bridgehead atoms. The molecule has 0 amide bonds. The molecular formula is C14H25N3O. The van der Waals surface area contributed by atoms with Crippen LogP contribution >= 0.6 is 0 Å². The minimum atomic E-state index is 0.285. The minimum absolute atomic E-state index is 0.285. The van der Waals surface area contributed by atoms with E-state index in [0.717, 1.165) is 52.1 Å². The molecule has 0 spiro atoms. The number of nitrogens with zero attached hydrogens (tertiary/aromatic N) is 3. The van der Waals surface area contributed by atoms with Gasteiger partial charge in [0.1, 0.15) is 6.10 Å². The molecule has 0 saturated carbocycles. The Kier molecular flexibility index (Phi) is 4.78. The van der Waals surface area contributed by atoms with Crippen molar-refractivity contribution in [1.29, 1.82) is 0 Å². The van der Waals surface area contributed by atoms with Gasteiger partial charge in [-0.2, -0.15) is 0 Å². The van der Waals surface area contributed by atoms with E-state index >= 15 is 0 Å². The Balaban J connectivity index is 1.67. The van der Waals surface area contributed by atoms with Crippen LogP contribution in [-0.2, 0) is 4.84 Å². The Bertz CT molecular complexity index is 319.